The van der Waals surface area contributed by atoms with E-state index in [1.54, 1.807) is 0 Å². The molecule has 13 heavy (non-hydrogen) atoms. The molecule has 0 aromatic carbocycles. The molecule has 0 bridgehead atoms. The monoisotopic (exact) mass is 177 g/mol. The van der Waals surface area contributed by atoms with Crippen LogP contribution in [0.1, 0.15) is 32.9 Å². The van der Waals surface area contributed by atoms with Gasteiger partial charge in [0.15, 0.2) is 0 Å². The largest absolute Gasteiger partial charge is 0.457 e. The number of aryl methyl sites for hydroxylation is 2. The summed E-state index contributed by atoms with van der Waals surface area (Å²) in [4.78, 5) is 15.6. The van der Waals surface area contributed by atoms with Crippen LogP contribution in [0.5, 0.6) is 0 Å². The Hall–Kier alpha value is -1.38. The summed E-state index contributed by atoms with van der Waals surface area (Å²) < 4.78 is 4.96. The third-order valence-corrected chi connectivity index (χ3v) is 2.55. The Bertz CT molecular complexity index is 396. The minimum Gasteiger partial charge on any atom is -0.457 e. The van der Waals surface area contributed by atoms with Crippen molar-refractivity contribution >= 4 is 5.97 Å². The summed E-state index contributed by atoms with van der Waals surface area (Å²) in [6.45, 7) is 6.18. The number of pyridine rings is 1. The lowest BCUT2D eigenvalue weighted by molar-refractivity contribution is 0.0534. The fraction of sp³-hybridized carbons (Fsp3) is 0.400. The lowest BCUT2D eigenvalue weighted by Crippen LogP contribution is -2.03. The van der Waals surface area contributed by atoms with Crippen molar-refractivity contribution in [2.75, 3.05) is 0 Å². The number of cyclic esters (lactones) is 1. The molecule has 3 heteroatoms. The van der Waals surface area contributed by atoms with Crippen LogP contribution in [-0.2, 0) is 11.3 Å². The molecule has 2 heterocycles. The molecule has 1 aromatic heterocycles. The summed E-state index contributed by atoms with van der Waals surface area (Å²) in [7, 11) is 0. The highest BCUT2D eigenvalue weighted by atomic mass is 16.5. The van der Waals surface area contributed by atoms with Crippen molar-refractivity contribution in [1.29, 1.82) is 0 Å². The first-order chi connectivity index (χ1) is 6.11. The first-order valence-electron chi connectivity index (χ1n) is 4.25. The van der Waals surface area contributed by atoms with Crippen LogP contribution in [0.2, 0.25) is 0 Å². The first kappa shape index (κ1) is 8.23. The van der Waals surface area contributed by atoms with Crippen molar-refractivity contribution < 1.29 is 9.53 Å². The number of aromatic nitrogens is 1. The van der Waals surface area contributed by atoms with Gasteiger partial charge in [-0.05, 0) is 26.3 Å². The summed E-state index contributed by atoms with van der Waals surface area (Å²) in [6, 6.07) is 0. The van der Waals surface area contributed by atoms with Crippen LogP contribution in [0.25, 0.3) is 0 Å². The predicted molar refractivity (Wildman–Crippen MR) is 47.6 cm³/mol. The standard InChI is InChI=1S/C10H11NO2/c1-5-6(2)11-7(3)9-8(5)4-13-10(9)12/h4H2,1-3H3. The SMILES string of the molecule is Cc1nc(C)c2c(c1C)COC2=O. The maximum absolute atomic E-state index is 11.3. The lowest BCUT2D eigenvalue weighted by atomic mass is 10.0. The molecule has 0 N–H and O–H groups in total. The molecule has 0 aliphatic carbocycles. The van der Waals surface area contributed by atoms with Gasteiger partial charge in [-0.2, -0.15) is 0 Å². The average molecular weight is 177 g/mol. The van der Waals surface area contributed by atoms with Crippen molar-refractivity contribution in [3.63, 3.8) is 0 Å². The maximum Gasteiger partial charge on any atom is 0.340 e. The molecule has 0 radical (unpaired) electrons. The molecule has 2 rings (SSSR count). The highest BCUT2D eigenvalue weighted by Gasteiger charge is 2.26. The van der Waals surface area contributed by atoms with E-state index in [1.165, 1.54) is 0 Å². The van der Waals surface area contributed by atoms with Gasteiger partial charge in [0.25, 0.3) is 0 Å². The molecule has 0 saturated heterocycles. The minimum absolute atomic E-state index is 0.233. The molecular weight excluding hydrogens is 166 g/mol. The van der Waals surface area contributed by atoms with Crippen molar-refractivity contribution in [3.8, 4) is 0 Å². The zero-order valence-corrected chi connectivity index (χ0v) is 7.97. The molecule has 0 saturated carbocycles. The highest BCUT2D eigenvalue weighted by molar-refractivity contribution is 5.94. The number of carbonyl (C=O) groups is 1. The van der Waals surface area contributed by atoms with Crippen LogP contribution in [0.4, 0.5) is 0 Å². The molecule has 0 amide bonds. The fourth-order valence-corrected chi connectivity index (χ4v) is 1.68. The van der Waals surface area contributed by atoms with Gasteiger partial charge in [0.1, 0.15) is 6.61 Å². The van der Waals surface area contributed by atoms with E-state index < -0.39 is 0 Å². The van der Waals surface area contributed by atoms with Crippen LogP contribution in [0, 0.1) is 20.8 Å². The Balaban J connectivity index is 2.76. The number of ether oxygens (including phenoxy) is 1. The summed E-state index contributed by atoms with van der Waals surface area (Å²) in [5.41, 5.74) is 4.51. The summed E-state index contributed by atoms with van der Waals surface area (Å²) in [6.07, 6.45) is 0. The Morgan fingerprint density at radius 1 is 1.23 bits per heavy atom. The summed E-state index contributed by atoms with van der Waals surface area (Å²) in [5, 5.41) is 0. The van der Waals surface area contributed by atoms with E-state index in [1.807, 2.05) is 20.8 Å². The van der Waals surface area contributed by atoms with Crippen LogP contribution < -0.4 is 0 Å². The zero-order chi connectivity index (χ0) is 9.59. The van der Waals surface area contributed by atoms with E-state index >= 15 is 0 Å². The summed E-state index contributed by atoms with van der Waals surface area (Å²) in [5.74, 6) is -0.233. The highest BCUT2D eigenvalue weighted by Crippen LogP contribution is 2.26. The normalized spacial score (nSPS) is 14.2. The van der Waals surface area contributed by atoms with Crippen LogP contribution in [0.15, 0.2) is 0 Å². The first-order valence-corrected chi connectivity index (χ1v) is 4.25. The van der Waals surface area contributed by atoms with E-state index in [0.29, 0.717) is 12.2 Å². The quantitative estimate of drug-likeness (QED) is 0.566. The van der Waals surface area contributed by atoms with Gasteiger partial charge >= 0.3 is 5.97 Å². The smallest absolute Gasteiger partial charge is 0.340 e. The second kappa shape index (κ2) is 2.55. The van der Waals surface area contributed by atoms with E-state index in [9.17, 15) is 4.79 Å². The van der Waals surface area contributed by atoms with E-state index in [-0.39, 0.29) is 5.97 Å². The van der Waals surface area contributed by atoms with Gasteiger partial charge in [-0.15, -0.1) is 0 Å². The van der Waals surface area contributed by atoms with Crippen LogP contribution in [0.3, 0.4) is 0 Å². The molecule has 68 valence electrons. The molecule has 3 nitrogen and oxygen atoms in total. The number of hydrogen-bond acceptors (Lipinski definition) is 3. The van der Waals surface area contributed by atoms with Crippen molar-refractivity contribution in [2.45, 2.75) is 27.4 Å². The zero-order valence-electron chi connectivity index (χ0n) is 7.97. The van der Waals surface area contributed by atoms with Gasteiger partial charge in [0.2, 0.25) is 0 Å². The van der Waals surface area contributed by atoms with Crippen molar-refractivity contribution in [1.82, 2.24) is 4.98 Å². The van der Waals surface area contributed by atoms with Crippen molar-refractivity contribution in [3.05, 3.63) is 28.1 Å². The molecule has 0 fully saturated rings. The second-order valence-corrected chi connectivity index (χ2v) is 3.34. The Morgan fingerprint density at radius 2 is 1.92 bits per heavy atom. The fourth-order valence-electron chi connectivity index (χ4n) is 1.68. The molecule has 1 aromatic rings. The van der Waals surface area contributed by atoms with Crippen LogP contribution in [-0.4, -0.2) is 11.0 Å². The Labute approximate surface area is 76.7 Å². The third-order valence-electron chi connectivity index (χ3n) is 2.55. The van der Waals surface area contributed by atoms with E-state index in [4.69, 9.17) is 4.74 Å². The molecule has 0 spiro atoms. The lowest BCUT2D eigenvalue weighted by Gasteiger charge is -2.05. The molecular formula is C10H11NO2. The number of fused-ring (bicyclic) bond motifs is 1. The van der Waals surface area contributed by atoms with Gasteiger partial charge in [-0.1, -0.05) is 0 Å². The number of esters is 1. The topological polar surface area (TPSA) is 39.2 Å². The van der Waals surface area contributed by atoms with Gasteiger partial charge in [-0.3, -0.25) is 4.98 Å². The van der Waals surface area contributed by atoms with Gasteiger partial charge in [0, 0.05) is 11.3 Å². The van der Waals surface area contributed by atoms with E-state index in [2.05, 4.69) is 4.98 Å². The van der Waals surface area contributed by atoms with E-state index in [0.717, 1.165) is 22.5 Å². The second-order valence-electron chi connectivity index (χ2n) is 3.34. The molecule has 1 aliphatic heterocycles. The number of carbonyl (C=O) groups excluding carboxylic acids is 1. The van der Waals surface area contributed by atoms with Crippen LogP contribution >= 0.6 is 0 Å². The van der Waals surface area contributed by atoms with Gasteiger partial charge < -0.3 is 4.74 Å². The summed E-state index contributed by atoms with van der Waals surface area (Å²) >= 11 is 0. The van der Waals surface area contributed by atoms with Gasteiger partial charge in [0.05, 0.1) is 11.3 Å². The predicted octanol–water partition coefficient (Wildman–Crippen LogP) is 1.68. The Morgan fingerprint density at radius 3 is 2.62 bits per heavy atom. The molecule has 0 unspecified atom stereocenters. The van der Waals surface area contributed by atoms with Crippen molar-refractivity contribution in [2.24, 2.45) is 0 Å². The maximum atomic E-state index is 11.3. The van der Waals surface area contributed by atoms with Gasteiger partial charge in [-0.25, -0.2) is 4.79 Å². The number of rotatable bonds is 0. The minimum atomic E-state index is -0.233. The average Bonchev–Trinajstić information content (AvgIpc) is 2.44. The third kappa shape index (κ3) is 1.03. The Kier molecular flexibility index (Phi) is 1.62. The molecule has 0 atom stereocenters. The number of nitrogens with zero attached hydrogens (tertiary/aromatic N) is 1. The number of hydrogen-bond donors (Lipinski definition) is 0. The molecule has 1 aliphatic rings.